The molecule has 0 saturated carbocycles. The zero-order valence-corrected chi connectivity index (χ0v) is 10.8. The molecule has 2 rings (SSSR count). The van der Waals surface area contributed by atoms with Crippen molar-refractivity contribution in [3.8, 4) is 11.5 Å². The van der Waals surface area contributed by atoms with E-state index < -0.39 is 47.5 Å². The molecule has 0 heterocycles. The highest BCUT2D eigenvalue weighted by molar-refractivity contribution is 5.26. The van der Waals surface area contributed by atoms with E-state index in [2.05, 4.69) is 9.47 Å². The van der Waals surface area contributed by atoms with Crippen molar-refractivity contribution in [2.45, 2.75) is 6.11 Å². The number of ether oxygens (including phenoxy) is 2. The molecule has 0 spiro atoms. The Morgan fingerprint density at radius 3 is 1.77 bits per heavy atom. The number of hydrogen-bond acceptors (Lipinski definition) is 2. The van der Waals surface area contributed by atoms with E-state index in [0.717, 1.165) is 18.2 Å². The molecule has 0 fully saturated rings. The van der Waals surface area contributed by atoms with Crippen LogP contribution in [0.15, 0.2) is 36.4 Å². The molecule has 0 aliphatic carbocycles. The Labute approximate surface area is 120 Å². The maximum Gasteiger partial charge on any atom is 0.433 e. The minimum Gasteiger partial charge on any atom is -0.480 e. The average molecular weight is 322 g/mol. The summed E-state index contributed by atoms with van der Waals surface area (Å²) in [5.74, 6) is -5.88. The predicted molar refractivity (Wildman–Crippen MR) is 63.8 cm³/mol. The Morgan fingerprint density at radius 2 is 1.27 bits per heavy atom. The van der Waals surface area contributed by atoms with Gasteiger partial charge in [-0.15, -0.1) is 0 Å². The lowest BCUT2D eigenvalue weighted by atomic mass is 10.3. The van der Waals surface area contributed by atoms with E-state index in [-0.39, 0.29) is 0 Å². The molecule has 0 aliphatic rings. The molecule has 2 aromatic rings. The standard InChI is InChI=1S/C14H8F6O2/c15-8-1-3-12(10(17)5-8)21-7-14(19,20)22-13-4-2-9(16)6-11(13)18/h1-6H,7H2. The van der Waals surface area contributed by atoms with Crippen LogP contribution in [0.4, 0.5) is 26.3 Å². The van der Waals surface area contributed by atoms with Gasteiger partial charge in [-0.3, -0.25) is 0 Å². The third-order valence-electron chi connectivity index (χ3n) is 2.44. The predicted octanol–water partition coefficient (Wildman–Crippen LogP) is 4.29. The van der Waals surface area contributed by atoms with Gasteiger partial charge in [0.1, 0.15) is 11.6 Å². The summed E-state index contributed by atoms with van der Waals surface area (Å²) >= 11 is 0. The zero-order chi connectivity index (χ0) is 16.3. The van der Waals surface area contributed by atoms with E-state index in [1.54, 1.807) is 0 Å². The summed E-state index contributed by atoms with van der Waals surface area (Å²) in [6.45, 7) is -1.45. The summed E-state index contributed by atoms with van der Waals surface area (Å²) in [4.78, 5) is 0. The topological polar surface area (TPSA) is 18.5 Å². The highest BCUT2D eigenvalue weighted by Crippen LogP contribution is 2.26. The maximum atomic E-state index is 13.5. The number of rotatable bonds is 5. The molecule has 0 bridgehead atoms. The fraction of sp³-hybridized carbons (Fsp3) is 0.143. The Balaban J connectivity index is 2.04. The zero-order valence-electron chi connectivity index (χ0n) is 10.8. The Kier molecular flexibility index (Phi) is 4.48. The number of hydrogen-bond donors (Lipinski definition) is 0. The van der Waals surface area contributed by atoms with Crippen molar-refractivity contribution in [2.24, 2.45) is 0 Å². The molecule has 22 heavy (non-hydrogen) atoms. The quantitative estimate of drug-likeness (QED) is 0.765. The highest BCUT2D eigenvalue weighted by atomic mass is 19.3. The van der Waals surface area contributed by atoms with Crippen molar-refractivity contribution in [3.63, 3.8) is 0 Å². The van der Waals surface area contributed by atoms with Crippen molar-refractivity contribution < 1.29 is 35.8 Å². The third kappa shape index (κ3) is 4.06. The van der Waals surface area contributed by atoms with Crippen LogP contribution in [0, 0.1) is 23.3 Å². The van der Waals surface area contributed by atoms with Crippen LogP contribution >= 0.6 is 0 Å². The first kappa shape index (κ1) is 16.0. The molecular formula is C14H8F6O2. The monoisotopic (exact) mass is 322 g/mol. The normalized spacial score (nSPS) is 11.4. The van der Waals surface area contributed by atoms with Crippen molar-refractivity contribution in [1.82, 2.24) is 0 Å². The van der Waals surface area contributed by atoms with Gasteiger partial charge < -0.3 is 9.47 Å². The van der Waals surface area contributed by atoms with Gasteiger partial charge in [0.2, 0.25) is 0 Å². The minimum absolute atomic E-state index is 0.367. The third-order valence-corrected chi connectivity index (χ3v) is 2.44. The molecule has 2 nitrogen and oxygen atoms in total. The molecule has 0 N–H and O–H groups in total. The fourth-order valence-corrected chi connectivity index (χ4v) is 1.50. The van der Waals surface area contributed by atoms with Crippen LogP contribution in [0.25, 0.3) is 0 Å². The lowest BCUT2D eigenvalue weighted by molar-refractivity contribution is -0.197. The number of halogens is 6. The summed E-state index contributed by atoms with van der Waals surface area (Å²) in [6.07, 6.45) is -4.01. The second kappa shape index (κ2) is 6.17. The number of alkyl halides is 2. The van der Waals surface area contributed by atoms with Crippen molar-refractivity contribution in [2.75, 3.05) is 6.61 Å². The van der Waals surface area contributed by atoms with Crippen LogP contribution < -0.4 is 9.47 Å². The summed E-state index contributed by atoms with van der Waals surface area (Å²) in [6, 6.07) is 3.86. The Morgan fingerprint density at radius 1 is 0.773 bits per heavy atom. The van der Waals surface area contributed by atoms with Crippen LogP contribution in [0.2, 0.25) is 0 Å². The summed E-state index contributed by atoms with van der Waals surface area (Å²) in [7, 11) is 0. The van der Waals surface area contributed by atoms with Gasteiger partial charge in [0, 0.05) is 12.1 Å². The molecule has 0 aromatic heterocycles. The van der Waals surface area contributed by atoms with Crippen LogP contribution in [-0.4, -0.2) is 12.7 Å². The second-order valence-corrected chi connectivity index (χ2v) is 4.18. The van der Waals surface area contributed by atoms with Gasteiger partial charge in [-0.05, 0) is 24.3 Å². The highest BCUT2D eigenvalue weighted by Gasteiger charge is 2.34. The van der Waals surface area contributed by atoms with Gasteiger partial charge in [0.15, 0.2) is 29.7 Å². The lowest BCUT2D eigenvalue weighted by Crippen LogP contribution is -2.33. The summed E-state index contributed by atoms with van der Waals surface area (Å²) < 4.78 is 87.2. The molecule has 118 valence electrons. The van der Waals surface area contributed by atoms with E-state index in [1.165, 1.54) is 0 Å². The second-order valence-electron chi connectivity index (χ2n) is 4.18. The number of benzene rings is 2. The van der Waals surface area contributed by atoms with E-state index >= 15 is 0 Å². The molecule has 0 aliphatic heterocycles. The van der Waals surface area contributed by atoms with Gasteiger partial charge >= 0.3 is 6.11 Å². The van der Waals surface area contributed by atoms with Gasteiger partial charge in [0.05, 0.1) is 0 Å². The van der Waals surface area contributed by atoms with E-state index in [4.69, 9.17) is 0 Å². The van der Waals surface area contributed by atoms with Gasteiger partial charge in [-0.2, -0.15) is 8.78 Å². The Bertz CT molecular complexity index is 674. The SMILES string of the molecule is Fc1ccc(OCC(F)(F)Oc2ccc(F)cc2F)c(F)c1. The largest absolute Gasteiger partial charge is 0.480 e. The van der Waals surface area contributed by atoms with Crippen molar-refractivity contribution in [3.05, 3.63) is 59.7 Å². The fourth-order valence-electron chi connectivity index (χ4n) is 1.50. The van der Waals surface area contributed by atoms with E-state index in [1.807, 2.05) is 0 Å². The molecule has 8 heteroatoms. The van der Waals surface area contributed by atoms with Gasteiger partial charge in [-0.25, -0.2) is 17.6 Å². The van der Waals surface area contributed by atoms with Gasteiger partial charge in [-0.1, -0.05) is 0 Å². The molecule has 0 unspecified atom stereocenters. The Hall–Kier alpha value is -2.38. The maximum absolute atomic E-state index is 13.5. The van der Waals surface area contributed by atoms with Crippen molar-refractivity contribution in [1.29, 1.82) is 0 Å². The molecule has 0 radical (unpaired) electrons. The first-order chi connectivity index (χ1) is 10.3. The molecule has 2 aromatic carbocycles. The molecule has 0 saturated heterocycles. The van der Waals surface area contributed by atoms with E-state index in [0.29, 0.717) is 18.2 Å². The van der Waals surface area contributed by atoms with Crippen LogP contribution in [0.3, 0.4) is 0 Å². The van der Waals surface area contributed by atoms with Crippen LogP contribution in [0.1, 0.15) is 0 Å². The van der Waals surface area contributed by atoms with Crippen LogP contribution in [-0.2, 0) is 0 Å². The summed E-state index contributed by atoms with van der Waals surface area (Å²) in [5, 5.41) is 0. The average Bonchev–Trinajstić information content (AvgIpc) is 2.41. The summed E-state index contributed by atoms with van der Waals surface area (Å²) in [5.41, 5.74) is 0. The smallest absolute Gasteiger partial charge is 0.433 e. The van der Waals surface area contributed by atoms with Crippen molar-refractivity contribution >= 4 is 0 Å². The van der Waals surface area contributed by atoms with E-state index in [9.17, 15) is 26.3 Å². The molecular weight excluding hydrogens is 314 g/mol. The lowest BCUT2D eigenvalue weighted by Gasteiger charge is -2.19. The first-order valence-corrected chi connectivity index (χ1v) is 5.86. The first-order valence-electron chi connectivity index (χ1n) is 5.86. The molecule has 0 atom stereocenters. The van der Waals surface area contributed by atoms with Gasteiger partial charge in [0.25, 0.3) is 0 Å². The van der Waals surface area contributed by atoms with Crippen LogP contribution in [0.5, 0.6) is 11.5 Å². The minimum atomic E-state index is -4.01. The molecule has 0 amide bonds.